The van der Waals surface area contributed by atoms with Crippen LogP contribution in [0.1, 0.15) is 29.7 Å². The van der Waals surface area contributed by atoms with Crippen LogP contribution in [0.25, 0.3) is 0 Å². The summed E-state index contributed by atoms with van der Waals surface area (Å²) in [5, 5.41) is 9.59. The summed E-state index contributed by atoms with van der Waals surface area (Å²) in [6.07, 6.45) is 0.449. The molecule has 0 atom stereocenters. The largest absolute Gasteiger partial charge is 0.234 e. The molecule has 0 aromatic carbocycles. The van der Waals surface area contributed by atoms with Gasteiger partial charge in [-0.05, 0) is 15.9 Å². The Bertz CT molecular complexity index is 311. The first-order chi connectivity index (χ1) is 5.65. The van der Waals surface area contributed by atoms with Gasteiger partial charge in [-0.2, -0.15) is 5.26 Å². The van der Waals surface area contributed by atoms with E-state index in [0.29, 0.717) is 12.3 Å². The van der Waals surface area contributed by atoms with Crippen LogP contribution in [-0.4, -0.2) is 4.98 Å². The smallest absolute Gasteiger partial charge is 0.121 e. The Balaban J connectivity index is 2.94. The molecule has 1 heterocycles. The number of rotatable bonds is 2. The number of halogens is 1. The molecule has 0 unspecified atom stereocenters. The van der Waals surface area contributed by atoms with E-state index in [2.05, 4.69) is 40.8 Å². The second-order valence-corrected chi connectivity index (χ2v) is 4.62. The SMILES string of the molecule is CC(C)c1nc(Br)c(CC#N)s1. The molecule has 4 heteroatoms. The highest BCUT2D eigenvalue weighted by Crippen LogP contribution is 2.28. The monoisotopic (exact) mass is 244 g/mol. The summed E-state index contributed by atoms with van der Waals surface area (Å²) in [4.78, 5) is 5.34. The summed E-state index contributed by atoms with van der Waals surface area (Å²) >= 11 is 4.95. The molecule has 64 valence electrons. The van der Waals surface area contributed by atoms with Gasteiger partial charge >= 0.3 is 0 Å². The Kier molecular flexibility index (Phi) is 3.24. The molecule has 0 saturated carbocycles. The standard InChI is InChI=1S/C8H9BrN2S/c1-5(2)8-11-7(9)6(12-8)3-4-10/h5H,3H2,1-2H3. The molecule has 1 rings (SSSR count). The van der Waals surface area contributed by atoms with Gasteiger partial charge in [0.15, 0.2) is 0 Å². The first kappa shape index (κ1) is 9.69. The Morgan fingerprint density at radius 3 is 2.75 bits per heavy atom. The molecule has 0 radical (unpaired) electrons. The molecule has 0 aliphatic rings. The molecule has 0 bridgehead atoms. The van der Waals surface area contributed by atoms with Crippen molar-refractivity contribution >= 4 is 27.3 Å². The van der Waals surface area contributed by atoms with E-state index in [0.717, 1.165) is 14.5 Å². The lowest BCUT2D eigenvalue weighted by atomic mass is 10.2. The predicted molar refractivity (Wildman–Crippen MR) is 53.2 cm³/mol. The van der Waals surface area contributed by atoms with Crippen LogP contribution in [0.3, 0.4) is 0 Å². The summed E-state index contributed by atoms with van der Waals surface area (Å²) in [6.45, 7) is 4.20. The van der Waals surface area contributed by atoms with Crippen LogP contribution in [0.4, 0.5) is 0 Å². The molecule has 0 fully saturated rings. The number of nitrogens with zero attached hydrogens (tertiary/aromatic N) is 2. The van der Waals surface area contributed by atoms with Gasteiger partial charge < -0.3 is 0 Å². The van der Waals surface area contributed by atoms with Crippen molar-refractivity contribution in [3.8, 4) is 6.07 Å². The maximum Gasteiger partial charge on any atom is 0.121 e. The first-order valence-electron chi connectivity index (χ1n) is 3.67. The molecule has 1 aromatic heterocycles. The van der Waals surface area contributed by atoms with Crippen molar-refractivity contribution in [1.82, 2.24) is 4.98 Å². The fourth-order valence-electron chi connectivity index (χ4n) is 0.778. The van der Waals surface area contributed by atoms with Crippen LogP contribution >= 0.6 is 27.3 Å². The van der Waals surface area contributed by atoms with Gasteiger partial charge in [-0.3, -0.25) is 0 Å². The van der Waals surface area contributed by atoms with Crippen molar-refractivity contribution in [1.29, 1.82) is 5.26 Å². The lowest BCUT2D eigenvalue weighted by molar-refractivity contribution is 0.849. The molecule has 0 aliphatic heterocycles. The molecule has 0 saturated heterocycles. The Hall–Kier alpha value is -0.400. The van der Waals surface area contributed by atoms with Crippen LogP contribution in [0, 0.1) is 11.3 Å². The lowest BCUT2D eigenvalue weighted by Crippen LogP contribution is -1.82. The van der Waals surface area contributed by atoms with Gasteiger partial charge in [0.2, 0.25) is 0 Å². The van der Waals surface area contributed by atoms with E-state index in [1.165, 1.54) is 0 Å². The second-order valence-electron chi connectivity index (χ2n) is 2.76. The van der Waals surface area contributed by atoms with Gasteiger partial charge in [-0.25, -0.2) is 4.98 Å². The third-order valence-electron chi connectivity index (χ3n) is 1.40. The molecular weight excluding hydrogens is 236 g/mol. The van der Waals surface area contributed by atoms with Crippen molar-refractivity contribution in [2.24, 2.45) is 0 Å². The van der Waals surface area contributed by atoms with Crippen molar-refractivity contribution in [2.75, 3.05) is 0 Å². The zero-order valence-corrected chi connectivity index (χ0v) is 9.37. The van der Waals surface area contributed by atoms with Crippen molar-refractivity contribution < 1.29 is 0 Å². The maximum atomic E-state index is 8.50. The van der Waals surface area contributed by atoms with Gasteiger partial charge in [0.25, 0.3) is 0 Å². The highest BCUT2D eigenvalue weighted by molar-refractivity contribution is 9.10. The van der Waals surface area contributed by atoms with Crippen molar-refractivity contribution in [3.05, 3.63) is 14.5 Å². The number of hydrogen-bond acceptors (Lipinski definition) is 3. The second kappa shape index (κ2) is 4.01. The Labute approximate surface area is 84.4 Å². The minimum atomic E-state index is 0.443. The van der Waals surface area contributed by atoms with Crippen LogP contribution in [0.15, 0.2) is 4.60 Å². The number of thiazole rings is 1. The van der Waals surface area contributed by atoms with Crippen LogP contribution in [-0.2, 0) is 6.42 Å². The van der Waals surface area contributed by atoms with Crippen LogP contribution in [0.2, 0.25) is 0 Å². The van der Waals surface area contributed by atoms with E-state index in [-0.39, 0.29) is 0 Å². The molecule has 0 spiro atoms. The molecular formula is C8H9BrN2S. The zero-order chi connectivity index (χ0) is 9.14. The molecule has 0 aliphatic carbocycles. The van der Waals surface area contributed by atoms with Crippen molar-refractivity contribution in [2.45, 2.75) is 26.2 Å². The Morgan fingerprint density at radius 2 is 2.33 bits per heavy atom. The van der Waals surface area contributed by atoms with E-state index in [4.69, 9.17) is 5.26 Å². The summed E-state index contributed by atoms with van der Waals surface area (Å²) < 4.78 is 0.831. The van der Waals surface area contributed by atoms with Gasteiger partial charge in [0.05, 0.1) is 22.4 Å². The van der Waals surface area contributed by atoms with Crippen LogP contribution in [0.5, 0.6) is 0 Å². The molecule has 0 N–H and O–H groups in total. The third-order valence-corrected chi connectivity index (χ3v) is 3.67. The van der Waals surface area contributed by atoms with E-state index in [9.17, 15) is 0 Å². The van der Waals surface area contributed by atoms with Gasteiger partial charge in [0.1, 0.15) is 4.60 Å². The van der Waals surface area contributed by atoms with Crippen molar-refractivity contribution in [3.63, 3.8) is 0 Å². The molecule has 1 aromatic rings. The van der Waals surface area contributed by atoms with Crippen LogP contribution < -0.4 is 0 Å². The average molecular weight is 245 g/mol. The third kappa shape index (κ3) is 2.05. The summed E-state index contributed by atoms with van der Waals surface area (Å²) in [5.74, 6) is 0.443. The molecule has 2 nitrogen and oxygen atoms in total. The topological polar surface area (TPSA) is 36.7 Å². The quantitative estimate of drug-likeness (QED) is 0.802. The fourth-order valence-corrected chi connectivity index (χ4v) is 2.36. The van der Waals surface area contributed by atoms with E-state index in [1.54, 1.807) is 11.3 Å². The van der Waals surface area contributed by atoms with Gasteiger partial charge in [0, 0.05) is 5.92 Å². The maximum absolute atomic E-state index is 8.50. The average Bonchev–Trinajstić information content (AvgIpc) is 2.34. The minimum absolute atomic E-state index is 0.443. The number of aromatic nitrogens is 1. The summed E-state index contributed by atoms with van der Waals surface area (Å²) in [6, 6.07) is 2.12. The predicted octanol–water partition coefficient (Wildman–Crippen LogP) is 3.10. The fraction of sp³-hybridized carbons (Fsp3) is 0.500. The number of hydrogen-bond donors (Lipinski definition) is 0. The highest BCUT2D eigenvalue weighted by Gasteiger charge is 2.10. The summed E-state index contributed by atoms with van der Waals surface area (Å²) in [7, 11) is 0. The molecule has 12 heavy (non-hydrogen) atoms. The lowest BCUT2D eigenvalue weighted by Gasteiger charge is -1.94. The van der Waals surface area contributed by atoms with E-state index < -0.39 is 0 Å². The summed E-state index contributed by atoms with van der Waals surface area (Å²) in [5.41, 5.74) is 0. The van der Waals surface area contributed by atoms with E-state index >= 15 is 0 Å². The van der Waals surface area contributed by atoms with E-state index in [1.807, 2.05) is 0 Å². The molecule has 0 amide bonds. The highest BCUT2D eigenvalue weighted by atomic mass is 79.9. The zero-order valence-electron chi connectivity index (χ0n) is 6.97. The minimum Gasteiger partial charge on any atom is -0.234 e. The first-order valence-corrected chi connectivity index (χ1v) is 5.28. The van der Waals surface area contributed by atoms with Gasteiger partial charge in [-0.1, -0.05) is 13.8 Å². The van der Waals surface area contributed by atoms with Gasteiger partial charge in [-0.15, -0.1) is 11.3 Å². The normalized spacial score (nSPS) is 10.2. The Morgan fingerprint density at radius 1 is 1.67 bits per heavy atom. The number of nitriles is 1.